The zero-order chi connectivity index (χ0) is 20.1. The maximum absolute atomic E-state index is 12.4. The van der Waals surface area contributed by atoms with Crippen molar-refractivity contribution < 1.29 is 9.53 Å². The number of amides is 1. The van der Waals surface area contributed by atoms with E-state index in [0.29, 0.717) is 23.6 Å². The van der Waals surface area contributed by atoms with Crippen molar-refractivity contribution >= 4 is 35.8 Å². The van der Waals surface area contributed by atoms with Crippen LogP contribution in [0.25, 0.3) is 0 Å². The lowest BCUT2D eigenvalue weighted by atomic mass is 9.60. The zero-order valence-electron chi connectivity index (χ0n) is 18.6. The molecule has 0 aromatic carbocycles. The Morgan fingerprint density at radius 1 is 1.14 bits per heavy atom. The number of guanidine groups is 1. The van der Waals surface area contributed by atoms with Crippen molar-refractivity contribution in [2.45, 2.75) is 103 Å². The van der Waals surface area contributed by atoms with Gasteiger partial charge in [0.15, 0.2) is 5.96 Å². The lowest BCUT2D eigenvalue weighted by Crippen LogP contribution is -2.65. The van der Waals surface area contributed by atoms with Gasteiger partial charge in [-0.05, 0) is 59.3 Å². The lowest BCUT2D eigenvalue weighted by Gasteiger charge is -2.54. The molecule has 3 saturated carbocycles. The van der Waals surface area contributed by atoms with E-state index in [2.05, 4.69) is 27.9 Å². The van der Waals surface area contributed by atoms with Crippen LogP contribution in [0.4, 0.5) is 0 Å². The van der Waals surface area contributed by atoms with E-state index < -0.39 is 0 Å². The predicted molar refractivity (Wildman–Crippen MR) is 129 cm³/mol. The molecule has 168 valence electrons. The van der Waals surface area contributed by atoms with Gasteiger partial charge in [0.1, 0.15) is 0 Å². The van der Waals surface area contributed by atoms with Crippen LogP contribution in [0.5, 0.6) is 0 Å². The molecule has 0 aromatic rings. The molecule has 3 N–H and O–H groups in total. The number of hydrogen-bond donors (Lipinski definition) is 3. The standard InChI is InChI=1S/C22H40N4O2.HI/c1-5-28-19-14-18(22(19)11-6-7-12-22)26-21(23-4)25-17-10-8-9-16(13-17)20(27)24-15(2)3;/h15-19H,5-14H2,1-4H3,(H,24,27)(H2,23,25,26);1H. The first-order chi connectivity index (χ1) is 13.5. The highest BCUT2D eigenvalue weighted by atomic mass is 127. The van der Waals surface area contributed by atoms with E-state index in [9.17, 15) is 4.79 Å². The monoisotopic (exact) mass is 520 g/mol. The van der Waals surface area contributed by atoms with E-state index in [-0.39, 0.29) is 41.8 Å². The van der Waals surface area contributed by atoms with Gasteiger partial charge in [0.25, 0.3) is 0 Å². The molecule has 0 aromatic heterocycles. The van der Waals surface area contributed by atoms with Gasteiger partial charge in [-0.2, -0.15) is 0 Å². The van der Waals surface area contributed by atoms with E-state index in [1.165, 1.54) is 25.7 Å². The number of nitrogens with zero attached hydrogens (tertiary/aromatic N) is 1. The number of carbonyl (C=O) groups excluding carboxylic acids is 1. The summed E-state index contributed by atoms with van der Waals surface area (Å²) >= 11 is 0. The van der Waals surface area contributed by atoms with Crippen molar-refractivity contribution in [2.24, 2.45) is 16.3 Å². The first-order valence-corrected chi connectivity index (χ1v) is 11.4. The smallest absolute Gasteiger partial charge is 0.223 e. The molecule has 6 nitrogen and oxygen atoms in total. The summed E-state index contributed by atoms with van der Waals surface area (Å²) in [6.45, 7) is 6.94. The molecule has 3 aliphatic rings. The Hall–Kier alpha value is -0.570. The second-order valence-corrected chi connectivity index (χ2v) is 9.26. The molecule has 7 heteroatoms. The van der Waals surface area contributed by atoms with Crippen LogP contribution in [0.15, 0.2) is 4.99 Å². The van der Waals surface area contributed by atoms with Gasteiger partial charge < -0.3 is 20.7 Å². The molecule has 29 heavy (non-hydrogen) atoms. The average Bonchev–Trinajstić information content (AvgIpc) is 3.19. The summed E-state index contributed by atoms with van der Waals surface area (Å²) in [5, 5.41) is 10.4. The third-order valence-corrected chi connectivity index (χ3v) is 7.04. The van der Waals surface area contributed by atoms with Crippen LogP contribution in [0.1, 0.15) is 78.6 Å². The maximum Gasteiger partial charge on any atom is 0.223 e. The summed E-state index contributed by atoms with van der Waals surface area (Å²) in [6.07, 6.45) is 10.7. The topological polar surface area (TPSA) is 74.8 Å². The lowest BCUT2D eigenvalue weighted by molar-refractivity contribution is -0.127. The van der Waals surface area contributed by atoms with Crippen LogP contribution in [0.2, 0.25) is 0 Å². The maximum atomic E-state index is 12.4. The number of halogens is 1. The Morgan fingerprint density at radius 3 is 2.48 bits per heavy atom. The van der Waals surface area contributed by atoms with Crippen molar-refractivity contribution in [2.75, 3.05) is 13.7 Å². The highest BCUT2D eigenvalue weighted by Gasteiger charge is 2.57. The molecule has 1 spiro atoms. The number of aliphatic imine (C=N–C) groups is 1. The summed E-state index contributed by atoms with van der Waals surface area (Å²) in [6, 6.07) is 0.960. The van der Waals surface area contributed by atoms with Crippen molar-refractivity contribution in [3.63, 3.8) is 0 Å². The molecule has 0 radical (unpaired) electrons. The van der Waals surface area contributed by atoms with Gasteiger partial charge in [-0.1, -0.05) is 19.3 Å². The van der Waals surface area contributed by atoms with Crippen molar-refractivity contribution in [3.05, 3.63) is 0 Å². The molecular formula is C22H41IN4O2. The fourth-order valence-electron chi connectivity index (χ4n) is 5.58. The van der Waals surface area contributed by atoms with E-state index in [4.69, 9.17) is 4.74 Å². The molecule has 1 amide bonds. The van der Waals surface area contributed by atoms with Gasteiger partial charge in [-0.3, -0.25) is 9.79 Å². The first kappa shape index (κ1) is 24.7. The molecular weight excluding hydrogens is 479 g/mol. The Balaban J connectivity index is 0.00000300. The van der Waals surface area contributed by atoms with Gasteiger partial charge in [0.2, 0.25) is 5.91 Å². The molecule has 3 fully saturated rings. The Bertz CT molecular complexity index is 563. The Kier molecular flexibility index (Phi) is 9.51. The highest BCUT2D eigenvalue weighted by Crippen LogP contribution is 2.54. The average molecular weight is 521 g/mol. The van der Waals surface area contributed by atoms with Crippen LogP contribution in [0.3, 0.4) is 0 Å². The normalized spacial score (nSPS) is 31.1. The van der Waals surface area contributed by atoms with Crippen LogP contribution < -0.4 is 16.0 Å². The van der Waals surface area contributed by atoms with Crippen LogP contribution >= 0.6 is 24.0 Å². The predicted octanol–water partition coefficient (Wildman–Crippen LogP) is 3.59. The Morgan fingerprint density at radius 2 is 1.86 bits per heavy atom. The molecule has 0 saturated heterocycles. The SMILES string of the molecule is CCOC1CC(NC(=NC)NC2CCCC(C(=O)NC(C)C)C2)C12CCCC2.I. The van der Waals surface area contributed by atoms with Crippen LogP contribution in [-0.2, 0) is 9.53 Å². The van der Waals surface area contributed by atoms with Gasteiger partial charge >= 0.3 is 0 Å². The second-order valence-electron chi connectivity index (χ2n) is 9.26. The second kappa shape index (κ2) is 11.2. The van der Waals surface area contributed by atoms with E-state index in [1.807, 2.05) is 20.9 Å². The van der Waals surface area contributed by atoms with E-state index >= 15 is 0 Å². The summed E-state index contributed by atoms with van der Waals surface area (Å²) in [5.74, 6) is 1.20. The fraction of sp³-hybridized carbons (Fsp3) is 0.909. The number of carbonyl (C=O) groups is 1. The summed E-state index contributed by atoms with van der Waals surface area (Å²) in [5.41, 5.74) is 0.292. The van der Waals surface area contributed by atoms with Gasteiger partial charge in [0.05, 0.1) is 6.10 Å². The number of ether oxygens (including phenoxy) is 1. The molecule has 3 aliphatic carbocycles. The van der Waals surface area contributed by atoms with Gasteiger partial charge in [-0.25, -0.2) is 0 Å². The third kappa shape index (κ3) is 5.77. The highest BCUT2D eigenvalue weighted by molar-refractivity contribution is 14.0. The van der Waals surface area contributed by atoms with Gasteiger partial charge in [-0.15, -0.1) is 24.0 Å². The Labute approximate surface area is 193 Å². The van der Waals surface area contributed by atoms with E-state index in [1.54, 1.807) is 0 Å². The zero-order valence-corrected chi connectivity index (χ0v) is 21.0. The summed E-state index contributed by atoms with van der Waals surface area (Å²) in [4.78, 5) is 16.9. The molecule has 0 heterocycles. The fourth-order valence-corrected chi connectivity index (χ4v) is 5.58. The number of nitrogens with one attached hydrogen (secondary N) is 3. The van der Waals surface area contributed by atoms with Gasteiger partial charge in [0, 0.05) is 43.1 Å². The molecule has 4 unspecified atom stereocenters. The van der Waals surface area contributed by atoms with Crippen LogP contribution in [0, 0.1) is 11.3 Å². The van der Waals surface area contributed by atoms with Crippen molar-refractivity contribution in [1.29, 1.82) is 0 Å². The molecule has 0 aliphatic heterocycles. The minimum atomic E-state index is 0. The largest absolute Gasteiger partial charge is 0.378 e. The van der Waals surface area contributed by atoms with Crippen LogP contribution in [-0.4, -0.2) is 49.8 Å². The minimum Gasteiger partial charge on any atom is -0.378 e. The molecule has 4 atom stereocenters. The summed E-state index contributed by atoms with van der Waals surface area (Å²) in [7, 11) is 1.85. The quantitative estimate of drug-likeness (QED) is 0.284. The summed E-state index contributed by atoms with van der Waals surface area (Å²) < 4.78 is 6.04. The number of rotatable bonds is 6. The van der Waals surface area contributed by atoms with E-state index in [0.717, 1.165) is 44.7 Å². The number of hydrogen-bond acceptors (Lipinski definition) is 3. The third-order valence-electron chi connectivity index (χ3n) is 7.04. The van der Waals surface area contributed by atoms with Crippen molar-refractivity contribution in [3.8, 4) is 0 Å². The molecule has 3 rings (SSSR count). The minimum absolute atomic E-state index is 0. The van der Waals surface area contributed by atoms with Crippen molar-refractivity contribution in [1.82, 2.24) is 16.0 Å². The first-order valence-electron chi connectivity index (χ1n) is 11.4. The molecule has 0 bridgehead atoms.